The Labute approximate surface area is 155 Å². The van der Waals surface area contributed by atoms with E-state index in [-0.39, 0.29) is 0 Å². The molecule has 0 amide bonds. The first kappa shape index (κ1) is 17.0. The zero-order valence-electron chi connectivity index (χ0n) is 15.7. The van der Waals surface area contributed by atoms with Crippen LogP contribution in [0, 0.1) is 0 Å². The van der Waals surface area contributed by atoms with Crippen LogP contribution in [0.1, 0.15) is 24.6 Å². The monoisotopic (exact) mass is 349 g/mol. The van der Waals surface area contributed by atoms with Crippen LogP contribution in [0.2, 0.25) is 0 Å². The number of anilines is 1. The van der Waals surface area contributed by atoms with E-state index in [0.717, 1.165) is 32.0 Å². The average Bonchev–Trinajstić information content (AvgIpc) is 3.15. The minimum Gasteiger partial charge on any atom is -0.355 e. The molecule has 26 heavy (non-hydrogen) atoms. The summed E-state index contributed by atoms with van der Waals surface area (Å²) in [6.45, 7) is 4.08. The highest BCUT2D eigenvalue weighted by atomic mass is 15.2. The minimum absolute atomic E-state index is 0.460. The fraction of sp³-hybridized carbons (Fsp3) is 0.429. The lowest BCUT2D eigenvalue weighted by Crippen LogP contribution is -2.36. The molecule has 5 nitrogen and oxygen atoms in total. The molecule has 3 aromatic rings. The number of hydrogen-bond acceptors (Lipinski definition) is 4. The van der Waals surface area contributed by atoms with Gasteiger partial charge in [0.2, 0.25) is 0 Å². The van der Waals surface area contributed by atoms with Gasteiger partial charge in [-0.25, -0.2) is 9.97 Å². The standard InChI is InChI=1S/C21H27N5/c1-24(2)14-15-25-13-11-23-20(25)18-7-5-12-26(16-18)21-19-8-4-3-6-17(19)9-10-22-21/h3-4,6,8-11,13,18H,5,7,12,14-16H2,1-2H3/t18-/m1/s1. The molecule has 1 aromatic carbocycles. The summed E-state index contributed by atoms with van der Waals surface area (Å²) < 4.78 is 2.32. The van der Waals surface area contributed by atoms with E-state index in [1.807, 2.05) is 12.4 Å². The van der Waals surface area contributed by atoms with Crippen LogP contribution in [0.4, 0.5) is 5.82 Å². The number of benzene rings is 1. The largest absolute Gasteiger partial charge is 0.355 e. The van der Waals surface area contributed by atoms with E-state index < -0.39 is 0 Å². The second kappa shape index (κ2) is 7.46. The van der Waals surface area contributed by atoms with E-state index in [9.17, 15) is 0 Å². The molecule has 5 heteroatoms. The van der Waals surface area contributed by atoms with Gasteiger partial charge in [-0.3, -0.25) is 0 Å². The summed E-state index contributed by atoms with van der Waals surface area (Å²) in [5.41, 5.74) is 0. The van der Waals surface area contributed by atoms with Gasteiger partial charge in [0.15, 0.2) is 0 Å². The zero-order chi connectivity index (χ0) is 17.9. The van der Waals surface area contributed by atoms with Crippen LogP contribution >= 0.6 is 0 Å². The van der Waals surface area contributed by atoms with E-state index in [2.05, 4.69) is 65.0 Å². The molecule has 3 heterocycles. The van der Waals surface area contributed by atoms with E-state index in [1.165, 1.54) is 29.4 Å². The van der Waals surface area contributed by atoms with Gasteiger partial charge in [0.1, 0.15) is 11.6 Å². The molecule has 1 aliphatic heterocycles. The number of piperidine rings is 1. The molecule has 1 aliphatic rings. The summed E-state index contributed by atoms with van der Waals surface area (Å²) in [6, 6.07) is 10.6. The van der Waals surface area contributed by atoms with Crippen LogP contribution in [-0.2, 0) is 6.54 Å². The molecule has 0 radical (unpaired) electrons. The zero-order valence-corrected chi connectivity index (χ0v) is 15.7. The van der Waals surface area contributed by atoms with Gasteiger partial charge in [0, 0.05) is 56.1 Å². The molecule has 0 unspecified atom stereocenters. The lowest BCUT2D eigenvalue weighted by molar-refractivity contribution is 0.373. The second-order valence-corrected chi connectivity index (χ2v) is 7.42. The molecular formula is C21H27N5. The summed E-state index contributed by atoms with van der Waals surface area (Å²) in [4.78, 5) is 14.1. The highest BCUT2D eigenvalue weighted by molar-refractivity contribution is 5.92. The Morgan fingerprint density at radius 2 is 2.00 bits per heavy atom. The minimum atomic E-state index is 0.460. The van der Waals surface area contributed by atoms with Crippen molar-refractivity contribution in [3.63, 3.8) is 0 Å². The Morgan fingerprint density at radius 3 is 2.88 bits per heavy atom. The number of hydrogen-bond donors (Lipinski definition) is 0. The fourth-order valence-corrected chi connectivity index (χ4v) is 3.91. The Balaban J connectivity index is 1.58. The lowest BCUT2D eigenvalue weighted by Gasteiger charge is -2.34. The second-order valence-electron chi connectivity index (χ2n) is 7.42. The third-order valence-corrected chi connectivity index (χ3v) is 5.27. The number of rotatable bonds is 5. The molecular weight excluding hydrogens is 322 g/mol. The van der Waals surface area contributed by atoms with Crippen molar-refractivity contribution in [3.8, 4) is 0 Å². The third-order valence-electron chi connectivity index (χ3n) is 5.27. The van der Waals surface area contributed by atoms with Crippen LogP contribution in [0.3, 0.4) is 0 Å². The normalized spacial score (nSPS) is 18.0. The predicted molar refractivity (Wildman–Crippen MR) is 107 cm³/mol. The van der Waals surface area contributed by atoms with E-state index in [1.54, 1.807) is 0 Å². The third kappa shape index (κ3) is 3.44. The summed E-state index contributed by atoms with van der Waals surface area (Å²) in [5.74, 6) is 2.79. The first-order valence-electron chi connectivity index (χ1n) is 9.47. The highest BCUT2D eigenvalue weighted by Gasteiger charge is 2.26. The topological polar surface area (TPSA) is 37.2 Å². The van der Waals surface area contributed by atoms with Gasteiger partial charge in [-0.15, -0.1) is 0 Å². The molecule has 0 spiro atoms. The summed E-state index contributed by atoms with van der Waals surface area (Å²) in [7, 11) is 4.23. The van der Waals surface area contributed by atoms with E-state index in [0.29, 0.717) is 5.92 Å². The SMILES string of the molecule is CN(C)CCn1ccnc1[C@@H]1CCCN(c2nccc3ccccc23)C1. The Bertz CT molecular complexity index is 864. The molecule has 1 atom stereocenters. The van der Waals surface area contributed by atoms with Gasteiger partial charge < -0.3 is 14.4 Å². The van der Waals surface area contributed by atoms with Crippen molar-refractivity contribution in [3.05, 3.63) is 54.7 Å². The van der Waals surface area contributed by atoms with Gasteiger partial charge in [-0.05, 0) is 38.4 Å². The van der Waals surface area contributed by atoms with Crippen molar-refractivity contribution in [1.29, 1.82) is 0 Å². The number of fused-ring (bicyclic) bond motifs is 1. The van der Waals surface area contributed by atoms with Crippen molar-refractivity contribution in [2.75, 3.05) is 38.6 Å². The van der Waals surface area contributed by atoms with E-state index >= 15 is 0 Å². The van der Waals surface area contributed by atoms with Crippen LogP contribution < -0.4 is 4.90 Å². The van der Waals surface area contributed by atoms with Crippen molar-refractivity contribution < 1.29 is 0 Å². The maximum Gasteiger partial charge on any atom is 0.136 e. The number of aromatic nitrogens is 3. The Kier molecular flexibility index (Phi) is 4.89. The van der Waals surface area contributed by atoms with Gasteiger partial charge >= 0.3 is 0 Å². The van der Waals surface area contributed by atoms with Gasteiger partial charge in [0.25, 0.3) is 0 Å². The van der Waals surface area contributed by atoms with E-state index in [4.69, 9.17) is 9.97 Å². The fourth-order valence-electron chi connectivity index (χ4n) is 3.91. The smallest absolute Gasteiger partial charge is 0.136 e. The Morgan fingerprint density at radius 1 is 1.12 bits per heavy atom. The molecule has 4 rings (SSSR count). The molecule has 1 saturated heterocycles. The lowest BCUT2D eigenvalue weighted by atomic mass is 9.96. The van der Waals surface area contributed by atoms with Crippen molar-refractivity contribution >= 4 is 16.6 Å². The first-order valence-corrected chi connectivity index (χ1v) is 9.47. The highest BCUT2D eigenvalue weighted by Crippen LogP contribution is 2.31. The van der Waals surface area contributed by atoms with Crippen molar-refractivity contribution in [1.82, 2.24) is 19.4 Å². The molecule has 0 bridgehead atoms. The van der Waals surface area contributed by atoms with Crippen LogP contribution in [0.25, 0.3) is 10.8 Å². The molecule has 0 N–H and O–H groups in total. The van der Waals surface area contributed by atoms with Gasteiger partial charge in [-0.2, -0.15) is 0 Å². The maximum atomic E-state index is 4.72. The quantitative estimate of drug-likeness (QED) is 0.708. The molecule has 1 fully saturated rings. The molecule has 0 saturated carbocycles. The summed E-state index contributed by atoms with van der Waals surface area (Å²) >= 11 is 0. The maximum absolute atomic E-state index is 4.72. The Hall–Kier alpha value is -2.40. The number of nitrogens with zero attached hydrogens (tertiary/aromatic N) is 5. The van der Waals surface area contributed by atoms with Crippen molar-refractivity contribution in [2.24, 2.45) is 0 Å². The van der Waals surface area contributed by atoms with Crippen molar-refractivity contribution in [2.45, 2.75) is 25.3 Å². The van der Waals surface area contributed by atoms with Gasteiger partial charge in [-0.1, -0.05) is 24.3 Å². The number of pyridine rings is 1. The molecule has 136 valence electrons. The van der Waals surface area contributed by atoms with Crippen LogP contribution in [0.5, 0.6) is 0 Å². The summed E-state index contributed by atoms with van der Waals surface area (Å²) in [5, 5.41) is 2.50. The number of likely N-dealkylation sites (N-methyl/N-ethyl adjacent to an activating group) is 1. The number of imidazole rings is 1. The predicted octanol–water partition coefficient (Wildman–Crippen LogP) is 3.38. The molecule has 0 aliphatic carbocycles. The van der Waals surface area contributed by atoms with Crippen LogP contribution in [-0.4, -0.2) is 53.2 Å². The van der Waals surface area contributed by atoms with Crippen LogP contribution in [0.15, 0.2) is 48.9 Å². The molecule has 2 aromatic heterocycles. The summed E-state index contributed by atoms with van der Waals surface area (Å²) in [6.07, 6.45) is 8.36. The average molecular weight is 349 g/mol. The first-order chi connectivity index (χ1) is 12.7. The van der Waals surface area contributed by atoms with Gasteiger partial charge in [0.05, 0.1) is 0 Å².